The Morgan fingerprint density at radius 2 is 1.88 bits per heavy atom. The highest BCUT2D eigenvalue weighted by molar-refractivity contribution is 5.96. The Labute approximate surface area is 155 Å². The maximum absolute atomic E-state index is 12.5. The molecule has 4 heteroatoms. The van der Waals surface area contributed by atoms with Crippen LogP contribution in [0.2, 0.25) is 0 Å². The van der Waals surface area contributed by atoms with E-state index >= 15 is 0 Å². The Bertz CT molecular complexity index is 753. The van der Waals surface area contributed by atoms with Crippen molar-refractivity contribution >= 4 is 16.9 Å². The van der Waals surface area contributed by atoms with Crippen LogP contribution in [0.4, 0.5) is 0 Å². The van der Waals surface area contributed by atoms with Crippen molar-refractivity contribution in [3.63, 3.8) is 0 Å². The van der Waals surface area contributed by atoms with Gasteiger partial charge in [-0.3, -0.25) is 4.79 Å². The summed E-state index contributed by atoms with van der Waals surface area (Å²) in [6, 6.07) is 8.12. The van der Waals surface area contributed by atoms with Crippen LogP contribution in [0.25, 0.3) is 11.0 Å². The average molecular weight is 354 g/mol. The molecule has 26 heavy (non-hydrogen) atoms. The van der Waals surface area contributed by atoms with Crippen molar-refractivity contribution in [1.29, 1.82) is 0 Å². The summed E-state index contributed by atoms with van der Waals surface area (Å²) < 4.78 is 5.73. The molecule has 2 heterocycles. The van der Waals surface area contributed by atoms with Gasteiger partial charge in [-0.25, -0.2) is 0 Å². The van der Waals surface area contributed by atoms with Crippen molar-refractivity contribution in [3.05, 3.63) is 35.6 Å². The molecule has 0 unspecified atom stereocenters. The topological polar surface area (TPSA) is 45.5 Å². The predicted molar refractivity (Wildman–Crippen MR) is 104 cm³/mol. The van der Waals surface area contributed by atoms with Crippen LogP contribution in [-0.4, -0.2) is 36.5 Å². The molecule has 4 nitrogen and oxygen atoms in total. The monoisotopic (exact) mass is 354 g/mol. The van der Waals surface area contributed by atoms with Gasteiger partial charge in [0.05, 0.1) is 0 Å². The molecule has 2 aromatic rings. The lowest BCUT2D eigenvalue weighted by molar-refractivity contribution is 0.0876. The zero-order chi connectivity index (χ0) is 17.9. The van der Waals surface area contributed by atoms with Gasteiger partial charge < -0.3 is 14.6 Å². The standard InChI is InChI=1S/C22H30N2O2/c1-16-7-8-20-18(13-16)14-21(26-20)22(25)23-19-9-11-24(12-10-19)15-17-5-3-2-4-6-17/h7-8,13-14,17,19H,2-6,9-12,15H2,1H3,(H,23,25). The molecule has 1 N–H and O–H groups in total. The third-order valence-corrected chi connectivity index (χ3v) is 6.06. The lowest BCUT2D eigenvalue weighted by Crippen LogP contribution is -2.45. The first-order valence-corrected chi connectivity index (χ1v) is 10.2. The number of nitrogens with one attached hydrogen (secondary N) is 1. The number of hydrogen-bond acceptors (Lipinski definition) is 3. The number of benzene rings is 1. The molecule has 0 bridgehead atoms. The van der Waals surface area contributed by atoms with Crippen LogP contribution in [0.15, 0.2) is 28.7 Å². The van der Waals surface area contributed by atoms with E-state index in [-0.39, 0.29) is 11.9 Å². The van der Waals surface area contributed by atoms with Crippen LogP contribution in [-0.2, 0) is 0 Å². The Kier molecular flexibility index (Phi) is 5.30. The molecule has 1 aromatic carbocycles. The number of hydrogen-bond donors (Lipinski definition) is 1. The summed E-state index contributed by atoms with van der Waals surface area (Å²) in [6.45, 7) is 5.50. The first-order valence-electron chi connectivity index (χ1n) is 10.2. The minimum Gasteiger partial charge on any atom is -0.451 e. The minimum atomic E-state index is -0.0791. The minimum absolute atomic E-state index is 0.0791. The maximum atomic E-state index is 12.5. The molecule has 1 aliphatic heterocycles. The van der Waals surface area contributed by atoms with Crippen LogP contribution in [0.5, 0.6) is 0 Å². The van der Waals surface area contributed by atoms with E-state index in [1.165, 1.54) is 44.2 Å². The van der Waals surface area contributed by atoms with Gasteiger partial charge >= 0.3 is 0 Å². The number of rotatable bonds is 4. The largest absolute Gasteiger partial charge is 0.451 e. The highest BCUT2D eigenvalue weighted by Crippen LogP contribution is 2.26. The molecule has 1 saturated heterocycles. The zero-order valence-electron chi connectivity index (χ0n) is 15.8. The number of amides is 1. The van der Waals surface area contributed by atoms with E-state index in [2.05, 4.69) is 16.3 Å². The number of carbonyl (C=O) groups excluding carboxylic acids is 1. The molecule has 1 saturated carbocycles. The second-order valence-corrected chi connectivity index (χ2v) is 8.20. The summed E-state index contributed by atoms with van der Waals surface area (Å²) in [7, 11) is 0. The molecule has 0 spiro atoms. The van der Waals surface area contributed by atoms with Gasteiger partial charge in [-0.1, -0.05) is 30.9 Å². The Balaban J connectivity index is 1.28. The fourth-order valence-corrected chi connectivity index (χ4v) is 4.53. The number of carbonyl (C=O) groups is 1. The summed E-state index contributed by atoms with van der Waals surface area (Å²) in [5, 5.41) is 4.17. The van der Waals surface area contributed by atoms with Gasteiger partial charge in [0, 0.05) is 31.1 Å². The van der Waals surface area contributed by atoms with Crippen LogP contribution in [0, 0.1) is 12.8 Å². The molecule has 2 fully saturated rings. The van der Waals surface area contributed by atoms with Crippen LogP contribution in [0.1, 0.15) is 61.1 Å². The molecule has 1 amide bonds. The smallest absolute Gasteiger partial charge is 0.287 e. The van der Waals surface area contributed by atoms with E-state index in [1.807, 2.05) is 25.1 Å². The number of fused-ring (bicyclic) bond motifs is 1. The van der Waals surface area contributed by atoms with Gasteiger partial charge in [0.25, 0.3) is 5.91 Å². The highest BCUT2D eigenvalue weighted by atomic mass is 16.3. The molecule has 4 rings (SSSR count). The van der Waals surface area contributed by atoms with Crippen molar-refractivity contribution in [1.82, 2.24) is 10.2 Å². The Morgan fingerprint density at radius 1 is 1.12 bits per heavy atom. The zero-order valence-corrected chi connectivity index (χ0v) is 15.8. The van der Waals surface area contributed by atoms with Crippen molar-refractivity contribution < 1.29 is 9.21 Å². The van der Waals surface area contributed by atoms with E-state index in [1.54, 1.807) is 0 Å². The van der Waals surface area contributed by atoms with E-state index in [9.17, 15) is 4.79 Å². The van der Waals surface area contributed by atoms with Gasteiger partial charge in [0.2, 0.25) is 0 Å². The summed E-state index contributed by atoms with van der Waals surface area (Å²) in [6.07, 6.45) is 9.13. The fourth-order valence-electron chi connectivity index (χ4n) is 4.53. The maximum Gasteiger partial charge on any atom is 0.287 e. The van der Waals surface area contributed by atoms with E-state index in [0.717, 1.165) is 42.8 Å². The van der Waals surface area contributed by atoms with E-state index < -0.39 is 0 Å². The summed E-state index contributed by atoms with van der Waals surface area (Å²) in [5.41, 5.74) is 1.96. The van der Waals surface area contributed by atoms with Gasteiger partial charge in [-0.05, 0) is 56.7 Å². The lowest BCUT2D eigenvalue weighted by atomic mass is 9.88. The number of aryl methyl sites for hydroxylation is 1. The Morgan fingerprint density at radius 3 is 2.65 bits per heavy atom. The first kappa shape index (κ1) is 17.6. The molecular formula is C22H30N2O2. The highest BCUT2D eigenvalue weighted by Gasteiger charge is 2.24. The first-order chi connectivity index (χ1) is 12.7. The number of likely N-dealkylation sites (tertiary alicyclic amines) is 1. The van der Waals surface area contributed by atoms with Crippen molar-refractivity contribution in [3.8, 4) is 0 Å². The normalized spacial score (nSPS) is 20.5. The van der Waals surface area contributed by atoms with E-state index in [4.69, 9.17) is 4.42 Å². The molecule has 0 radical (unpaired) electrons. The Hall–Kier alpha value is -1.81. The summed E-state index contributed by atoms with van der Waals surface area (Å²) >= 11 is 0. The molecule has 2 aliphatic rings. The quantitative estimate of drug-likeness (QED) is 0.878. The fraction of sp³-hybridized carbons (Fsp3) is 0.591. The molecule has 140 valence electrons. The van der Waals surface area contributed by atoms with Gasteiger partial charge in [0.15, 0.2) is 5.76 Å². The van der Waals surface area contributed by atoms with E-state index in [0.29, 0.717) is 5.76 Å². The van der Waals surface area contributed by atoms with Gasteiger partial charge in [-0.2, -0.15) is 0 Å². The van der Waals surface area contributed by atoms with Crippen LogP contribution >= 0.6 is 0 Å². The van der Waals surface area contributed by atoms with Crippen molar-refractivity contribution in [2.24, 2.45) is 5.92 Å². The molecular weight excluding hydrogens is 324 g/mol. The molecule has 1 aliphatic carbocycles. The lowest BCUT2D eigenvalue weighted by Gasteiger charge is -2.35. The third-order valence-electron chi connectivity index (χ3n) is 6.06. The second-order valence-electron chi connectivity index (χ2n) is 8.20. The number of furan rings is 1. The predicted octanol–water partition coefficient (Wildman–Crippen LogP) is 4.52. The van der Waals surface area contributed by atoms with Crippen LogP contribution in [0.3, 0.4) is 0 Å². The third kappa shape index (κ3) is 4.12. The number of nitrogens with zero attached hydrogens (tertiary/aromatic N) is 1. The van der Waals surface area contributed by atoms with Crippen molar-refractivity contribution in [2.45, 2.75) is 57.9 Å². The average Bonchev–Trinajstić information content (AvgIpc) is 3.07. The molecule has 1 aromatic heterocycles. The van der Waals surface area contributed by atoms with Gasteiger partial charge in [0.1, 0.15) is 5.58 Å². The summed E-state index contributed by atoms with van der Waals surface area (Å²) in [5.74, 6) is 1.24. The SMILES string of the molecule is Cc1ccc2oc(C(=O)NC3CCN(CC4CCCCC4)CC3)cc2c1. The second kappa shape index (κ2) is 7.83. The summed E-state index contributed by atoms with van der Waals surface area (Å²) in [4.78, 5) is 15.1. The molecule has 0 atom stereocenters. The van der Waals surface area contributed by atoms with Crippen molar-refractivity contribution in [2.75, 3.05) is 19.6 Å². The van der Waals surface area contributed by atoms with Gasteiger partial charge in [-0.15, -0.1) is 0 Å². The van der Waals surface area contributed by atoms with Crippen LogP contribution < -0.4 is 5.32 Å². The number of piperidine rings is 1.